The van der Waals surface area contributed by atoms with Crippen molar-refractivity contribution in [1.82, 2.24) is 10.3 Å². The summed E-state index contributed by atoms with van der Waals surface area (Å²) in [6.07, 6.45) is 0. The number of benzene rings is 2. The van der Waals surface area contributed by atoms with Gasteiger partial charge < -0.3 is 5.32 Å². The number of halogens is 1. The maximum absolute atomic E-state index is 13.8. The van der Waals surface area contributed by atoms with Crippen LogP contribution in [0.15, 0.2) is 66.0 Å². The van der Waals surface area contributed by atoms with Crippen molar-refractivity contribution in [3.8, 4) is 10.6 Å². The van der Waals surface area contributed by atoms with E-state index in [1.807, 2.05) is 18.2 Å². The van der Waals surface area contributed by atoms with E-state index in [-0.39, 0.29) is 5.82 Å². The third-order valence-electron chi connectivity index (χ3n) is 4.47. The monoisotopic (exact) mass is 362 g/mol. The first-order valence-corrected chi connectivity index (χ1v) is 9.47. The van der Waals surface area contributed by atoms with Crippen LogP contribution in [0, 0.1) is 12.7 Å². The van der Waals surface area contributed by atoms with Gasteiger partial charge in [0, 0.05) is 24.0 Å². The topological polar surface area (TPSA) is 24.9 Å². The highest BCUT2D eigenvalue weighted by molar-refractivity contribution is 7.13. The molecule has 0 saturated heterocycles. The molecule has 0 radical (unpaired) electrons. The Hall–Kier alpha value is -2.56. The van der Waals surface area contributed by atoms with Gasteiger partial charge >= 0.3 is 0 Å². The summed E-state index contributed by atoms with van der Waals surface area (Å²) >= 11 is 1.69. The number of aryl methyl sites for hydroxylation is 1. The molecule has 130 valence electrons. The molecule has 2 heterocycles. The summed E-state index contributed by atoms with van der Waals surface area (Å²) in [6, 6.07) is 19.4. The molecule has 2 aromatic heterocycles. The van der Waals surface area contributed by atoms with Crippen LogP contribution in [-0.4, -0.2) is 4.98 Å². The highest BCUT2D eigenvalue weighted by Gasteiger charge is 2.11. The molecule has 0 fully saturated rings. The lowest BCUT2D eigenvalue weighted by atomic mass is 10.1. The first kappa shape index (κ1) is 16.9. The Labute approximate surface area is 156 Å². The van der Waals surface area contributed by atoms with Crippen LogP contribution in [-0.2, 0) is 13.1 Å². The minimum Gasteiger partial charge on any atom is -0.308 e. The number of para-hydroxylation sites is 1. The van der Waals surface area contributed by atoms with Gasteiger partial charge in [0.05, 0.1) is 16.1 Å². The van der Waals surface area contributed by atoms with Crippen LogP contribution in [0.5, 0.6) is 0 Å². The van der Waals surface area contributed by atoms with E-state index in [1.165, 1.54) is 11.6 Å². The molecule has 0 aliphatic heterocycles. The molecule has 0 amide bonds. The van der Waals surface area contributed by atoms with Gasteiger partial charge in [-0.15, -0.1) is 11.3 Å². The summed E-state index contributed by atoms with van der Waals surface area (Å²) in [6.45, 7) is 3.21. The fraction of sp³-hybridized carbons (Fsp3) is 0.136. The quantitative estimate of drug-likeness (QED) is 0.492. The second-order valence-electron chi connectivity index (χ2n) is 6.31. The standard InChI is InChI=1S/C22H19FN2S/c1-15-6-4-8-16-12-18(14-24-13-17-7-2-3-9-19(17)23)22(25-21(15)16)20-10-5-11-26-20/h2-12,24H,13-14H2,1H3. The number of aromatic nitrogens is 1. The van der Waals surface area contributed by atoms with Gasteiger partial charge in [-0.05, 0) is 41.6 Å². The fourth-order valence-corrected chi connectivity index (χ4v) is 3.87. The molecule has 0 saturated carbocycles. The van der Waals surface area contributed by atoms with Crippen molar-refractivity contribution >= 4 is 22.2 Å². The van der Waals surface area contributed by atoms with E-state index in [4.69, 9.17) is 4.98 Å². The van der Waals surface area contributed by atoms with Crippen LogP contribution in [0.25, 0.3) is 21.5 Å². The Morgan fingerprint density at radius 1 is 0.962 bits per heavy atom. The summed E-state index contributed by atoms with van der Waals surface area (Å²) in [5.41, 5.74) is 5.01. The Balaban J connectivity index is 1.67. The Bertz CT molecular complexity index is 1040. The zero-order valence-electron chi connectivity index (χ0n) is 14.5. The Kier molecular flexibility index (Phi) is 4.78. The molecule has 1 N–H and O–H groups in total. The van der Waals surface area contributed by atoms with Gasteiger partial charge in [0.15, 0.2) is 0 Å². The van der Waals surface area contributed by atoms with Crippen molar-refractivity contribution in [2.75, 3.05) is 0 Å². The van der Waals surface area contributed by atoms with E-state index in [9.17, 15) is 4.39 Å². The molecule has 2 nitrogen and oxygen atoms in total. The summed E-state index contributed by atoms with van der Waals surface area (Å²) < 4.78 is 13.8. The summed E-state index contributed by atoms with van der Waals surface area (Å²) in [5.74, 6) is -0.175. The van der Waals surface area contributed by atoms with Gasteiger partial charge in [-0.2, -0.15) is 0 Å². The van der Waals surface area contributed by atoms with Crippen molar-refractivity contribution in [1.29, 1.82) is 0 Å². The van der Waals surface area contributed by atoms with Crippen molar-refractivity contribution in [3.63, 3.8) is 0 Å². The molecule has 2 aromatic carbocycles. The Morgan fingerprint density at radius 2 is 1.81 bits per heavy atom. The molecule has 4 rings (SSSR count). The fourth-order valence-electron chi connectivity index (χ4n) is 3.13. The zero-order valence-corrected chi connectivity index (χ0v) is 15.3. The third-order valence-corrected chi connectivity index (χ3v) is 5.35. The molecule has 4 aromatic rings. The number of fused-ring (bicyclic) bond motifs is 1. The number of hydrogen-bond acceptors (Lipinski definition) is 3. The second kappa shape index (κ2) is 7.36. The van der Waals surface area contributed by atoms with Gasteiger partial charge in [-0.3, -0.25) is 0 Å². The van der Waals surface area contributed by atoms with Crippen LogP contribution in [0.4, 0.5) is 4.39 Å². The number of hydrogen-bond donors (Lipinski definition) is 1. The van der Waals surface area contributed by atoms with Gasteiger partial charge in [0.2, 0.25) is 0 Å². The van der Waals surface area contributed by atoms with Crippen LogP contribution < -0.4 is 5.32 Å². The van der Waals surface area contributed by atoms with Crippen molar-refractivity contribution < 1.29 is 4.39 Å². The van der Waals surface area contributed by atoms with Gasteiger partial charge in [-0.25, -0.2) is 9.37 Å². The molecular weight excluding hydrogens is 343 g/mol. The zero-order chi connectivity index (χ0) is 17.9. The van der Waals surface area contributed by atoms with Crippen LogP contribution in [0.3, 0.4) is 0 Å². The van der Waals surface area contributed by atoms with Crippen molar-refractivity contribution in [2.45, 2.75) is 20.0 Å². The second-order valence-corrected chi connectivity index (χ2v) is 7.26. The predicted octanol–water partition coefficient (Wildman–Crippen LogP) is 5.70. The summed E-state index contributed by atoms with van der Waals surface area (Å²) in [5, 5.41) is 6.56. The molecule has 0 aliphatic carbocycles. The average Bonchev–Trinajstić information content (AvgIpc) is 3.18. The van der Waals surface area contributed by atoms with E-state index in [0.717, 1.165) is 27.0 Å². The normalized spacial score (nSPS) is 11.2. The summed E-state index contributed by atoms with van der Waals surface area (Å²) in [4.78, 5) is 6.11. The maximum atomic E-state index is 13.8. The number of nitrogens with zero attached hydrogens (tertiary/aromatic N) is 1. The van der Waals surface area contributed by atoms with E-state index in [1.54, 1.807) is 17.4 Å². The maximum Gasteiger partial charge on any atom is 0.127 e. The molecule has 0 spiro atoms. The average molecular weight is 362 g/mol. The molecule has 4 heteroatoms. The van der Waals surface area contributed by atoms with Crippen molar-refractivity contribution in [2.24, 2.45) is 0 Å². The third kappa shape index (κ3) is 3.39. The van der Waals surface area contributed by atoms with E-state index in [2.05, 4.69) is 48.0 Å². The minimum absolute atomic E-state index is 0.175. The molecule has 0 aliphatic rings. The van der Waals surface area contributed by atoms with Crippen LogP contribution >= 0.6 is 11.3 Å². The van der Waals surface area contributed by atoms with E-state index >= 15 is 0 Å². The van der Waals surface area contributed by atoms with E-state index in [0.29, 0.717) is 18.7 Å². The lowest BCUT2D eigenvalue weighted by molar-refractivity contribution is 0.588. The van der Waals surface area contributed by atoms with Gasteiger partial charge in [0.25, 0.3) is 0 Å². The lowest BCUT2D eigenvalue weighted by Crippen LogP contribution is -2.14. The summed E-state index contributed by atoms with van der Waals surface area (Å²) in [7, 11) is 0. The molecule has 0 atom stereocenters. The molecule has 26 heavy (non-hydrogen) atoms. The highest BCUT2D eigenvalue weighted by atomic mass is 32.1. The van der Waals surface area contributed by atoms with Crippen LogP contribution in [0.1, 0.15) is 16.7 Å². The number of pyridine rings is 1. The Morgan fingerprint density at radius 3 is 2.62 bits per heavy atom. The number of rotatable bonds is 5. The smallest absolute Gasteiger partial charge is 0.127 e. The van der Waals surface area contributed by atoms with Crippen molar-refractivity contribution in [3.05, 3.63) is 88.6 Å². The number of thiophene rings is 1. The van der Waals surface area contributed by atoms with E-state index < -0.39 is 0 Å². The highest BCUT2D eigenvalue weighted by Crippen LogP contribution is 2.30. The first-order chi connectivity index (χ1) is 12.7. The number of nitrogens with one attached hydrogen (secondary N) is 1. The predicted molar refractivity (Wildman–Crippen MR) is 107 cm³/mol. The van der Waals surface area contributed by atoms with Gasteiger partial charge in [0.1, 0.15) is 5.82 Å². The molecule has 0 bridgehead atoms. The van der Waals surface area contributed by atoms with Gasteiger partial charge in [-0.1, -0.05) is 42.5 Å². The molecular formula is C22H19FN2S. The van der Waals surface area contributed by atoms with Crippen LogP contribution in [0.2, 0.25) is 0 Å². The first-order valence-electron chi connectivity index (χ1n) is 8.59. The largest absolute Gasteiger partial charge is 0.308 e. The SMILES string of the molecule is Cc1cccc2cc(CNCc3ccccc3F)c(-c3cccs3)nc12. The minimum atomic E-state index is -0.175. The lowest BCUT2D eigenvalue weighted by Gasteiger charge is -2.12. The molecule has 0 unspecified atom stereocenters.